The van der Waals surface area contributed by atoms with E-state index >= 15 is 0 Å². The second-order valence-corrected chi connectivity index (χ2v) is 14.3. The number of hydrogen-bond acceptors (Lipinski definition) is 12. The molecular formula is C38H42N2O10. The molecule has 12 nitrogen and oxygen atoms in total. The molecule has 6 heterocycles. The van der Waals surface area contributed by atoms with Gasteiger partial charge in [0.05, 0.1) is 0 Å². The zero-order chi connectivity index (χ0) is 34.5. The number of nitrogens with zero attached hydrogens (tertiary/aromatic N) is 2. The lowest BCUT2D eigenvalue weighted by Crippen LogP contribution is -2.48. The van der Waals surface area contributed by atoms with Gasteiger partial charge >= 0.3 is 23.9 Å². The van der Waals surface area contributed by atoms with Crippen molar-refractivity contribution in [3.8, 4) is 0 Å². The lowest BCUT2D eigenvalue weighted by Gasteiger charge is -2.38. The minimum atomic E-state index is -0.834. The molecule has 0 saturated carbocycles. The first-order chi connectivity index (χ1) is 24.2. The van der Waals surface area contributed by atoms with E-state index in [0.29, 0.717) is 36.8 Å². The van der Waals surface area contributed by atoms with E-state index in [9.17, 15) is 19.2 Å². The number of morpholine rings is 2. The molecule has 6 aliphatic heterocycles. The molecule has 2 aromatic carbocycles. The summed E-state index contributed by atoms with van der Waals surface area (Å²) in [5, 5.41) is 0. The summed E-state index contributed by atoms with van der Waals surface area (Å²) >= 11 is 0. The van der Waals surface area contributed by atoms with Crippen LogP contribution >= 0.6 is 0 Å². The fourth-order valence-corrected chi connectivity index (χ4v) is 8.62. The Morgan fingerprint density at radius 3 is 1.30 bits per heavy atom. The van der Waals surface area contributed by atoms with E-state index in [0.717, 1.165) is 12.2 Å². The average molecular weight is 687 g/mol. The largest absolute Gasteiger partial charge is 0.462 e. The number of likely N-dealkylation sites (N-methyl/N-ethyl adjacent to an activating group) is 2. The Labute approximate surface area is 290 Å². The van der Waals surface area contributed by atoms with E-state index < -0.39 is 35.7 Å². The molecule has 8 rings (SSSR count). The maximum absolute atomic E-state index is 13.4. The Hall–Kier alpha value is -4.10. The zero-order valence-corrected chi connectivity index (χ0v) is 28.1. The highest BCUT2D eigenvalue weighted by molar-refractivity contribution is 5.92. The van der Waals surface area contributed by atoms with Crippen molar-refractivity contribution in [1.82, 2.24) is 9.80 Å². The standard InChI is InChI=1S/C38H42N2O10/c1-39-27-15-23(16-28(39)34-33(27)49-34)47-37(43)25(21-9-5-3-6-10-21)19-45-31(41)13-14-32(42)46-20-26(22-11-7-4-8-12-22)38(44)48-24-17-29-35-36(50-35)30(18-24)40(29)2/h3-14,23-30,33-36H,15-20H2,1-2H3/b14-13-/t23?,24?,25-,26-,27-,28+,29-,30+,33-,34+,35-,36+/m1/s1. The van der Waals surface area contributed by atoms with Crippen LogP contribution < -0.4 is 0 Å². The maximum Gasteiger partial charge on any atom is 0.331 e. The quantitative estimate of drug-likeness (QED) is 0.140. The molecule has 4 bridgehead atoms. The van der Waals surface area contributed by atoms with Crippen molar-refractivity contribution in [1.29, 1.82) is 0 Å². The third-order valence-corrected chi connectivity index (χ3v) is 11.4. The van der Waals surface area contributed by atoms with Gasteiger partial charge in [-0.3, -0.25) is 19.4 Å². The average Bonchev–Trinajstić information content (AvgIpc) is 4.03. The summed E-state index contributed by atoms with van der Waals surface area (Å²) in [4.78, 5) is 56.9. The number of piperidine rings is 2. The minimum absolute atomic E-state index is 0.219. The summed E-state index contributed by atoms with van der Waals surface area (Å²) in [5.41, 5.74) is 1.32. The summed E-state index contributed by atoms with van der Waals surface area (Å²) in [6.07, 6.45) is 5.10. The van der Waals surface area contributed by atoms with Crippen molar-refractivity contribution in [3.63, 3.8) is 0 Å². The maximum atomic E-state index is 13.4. The highest BCUT2D eigenvalue weighted by Crippen LogP contribution is 2.49. The van der Waals surface area contributed by atoms with Crippen molar-refractivity contribution < 1.29 is 47.6 Å². The second-order valence-electron chi connectivity index (χ2n) is 14.3. The lowest BCUT2D eigenvalue weighted by atomic mass is 9.97. The summed E-state index contributed by atoms with van der Waals surface area (Å²) in [6.45, 7) is -0.522. The van der Waals surface area contributed by atoms with Gasteiger partial charge in [0.15, 0.2) is 0 Å². The molecule has 264 valence electrons. The molecule has 0 N–H and O–H groups in total. The molecule has 6 saturated heterocycles. The molecule has 12 atom stereocenters. The van der Waals surface area contributed by atoms with Crippen LogP contribution in [0.15, 0.2) is 72.8 Å². The fraction of sp³-hybridized carbons (Fsp3) is 0.526. The van der Waals surface area contributed by atoms with Crippen molar-refractivity contribution in [3.05, 3.63) is 83.9 Å². The van der Waals surface area contributed by atoms with Gasteiger partial charge in [-0.25, -0.2) is 9.59 Å². The first-order valence-electron chi connectivity index (χ1n) is 17.5. The Kier molecular flexibility index (Phi) is 8.96. The molecule has 0 amide bonds. The molecular weight excluding hydrogens is 644 g/mol. The van der Waals surface area contributed by atoms with E-state index in [1.165, 1.54) is 0 Å². The number of ether oxygens (including phenoxy) is 6. The summed E-state index contributed by atoms with van der Waals surface area (Å²) < 4.78 is 34.3. The van der Waals surface area contributed by atoms with Gasteiger partial charge in [0.25, 0.3) is 0 Å². The van der Waals surface area contributed by atoms with Crippen molar-refractivity contribution in [2.75, 3.05) is 27.3 Å². The Bertz CT molecular complexity index is 1480. The Morgan fingerprint density at radius 1 is 0.620 bits per heavy atom. The molecule has 6 fully saturated rings. The van der Waals surface area contributed by atoms with Gasteiger partial charge in [-0.05, 0) is 25.2 Å². The van der Waals surface area contributed by atoms with E-state index in [-0.39, 0.29) is 74.0 Å². The molecule has 0 aromatic heterocycles. The summed E-state index contributed by atoms with van der Waals surface area (Å²) in [7, 11) is 4.18. The van der Waals surface area contributed by atoms with Crippen LogP contribution in [0.4, 0.5) is 0 Å². The summed E-state index contributed by atoms with van der Waals surface area (Å²) in [5.74, 6) is -4.23. The number of hydrogen-bond donors (Lipinski definition) is 0. The van der Waals surface area contributed by atoms with Crippen molar-refractivity contribution in [2.45, 2.75) is 98.3 Å². The number of rotatable bonds is 12. The van der Waals surface area contributed by atoms with Gasteiger partial charge in [0.2, 0.25) is 0 Å². The second kappa shape index (κ2) is 13.6. The topological polar surface area (TPSA) is 137 Å². The molecule has 2 aromatic rings. The third kappa shape index (κ3) is 6.57. The van der Waals surface area contributed by atoms with E-state index in [1.54, 1.807) is 48.5 Å². The van der Waals surface area contributed by atoms with Crippen LogP contribution in [0.3, 0.4) is 0 Å². The first kappa shape index (κ1) is 33.1. The number of esters is 4. The van der Waals surface area contributed by atoms with Gasteiger partial charge in [-0.15, -0.1) is 0 Å². The highest BCUT2D eigenvalue weighted by Gasteiger charge is 2.64. The molecule has 0 radical (unpaired) electrons. The normalized spacial score (nSPS) is 34.6. The van der Waals surface area contributed by atoms with E-state index in [1.807, 2.05) is 12.1 Å². The number of carbonyl (C=O) groups is 4. The number of epoxide rings is 2. The SMILES string of the molecule is CN1[C@@H]2CC(OC(=O)[C@H](COC(=O)/C=C\C(=O)OC[C@@H](C(=O)OC3C[C@@H]4[C@H]5O[C@H]5[C@H](C3)N4C)c3ccccc3)c3ccccc3)C[C@H]1[C@@H]1O[C@@H]12. The predicted octanol–water partition coefficient (Wildman–Crippen LogP) is 2.51. The molecule has 6 aliphatic rings. The zero-order valence-electron chi connectivity index (χ0n) is 28.1. The smallest absolute Gasteiger partial charge is 0.331 e. The van der Waals surface area contributed by atoms with Gasteiger partial charge < -0.3 is 28.4 Å². The van der Waals surface area contributed by atoms with Crippen LogP contribution in [-0.4, -0.2) is 122 Å². The van der Waals surface area contributed by atoms with Gasteiger partial charge in [0.1, 0.15) is 61.7 Å². The van der Waals surface area contributed by atoms with Gasteiger partial charge in [-0.2, -0.15) is 0 Å². The Morgan fingerprint density at radius 2 is 0.960 bits per heavy atom. The third-order valence-electron chi connectivity index (χ3n) is 11.4. The fourth-order valence-electron chi connectivity index (χ4n) is 8.62. The van der Waals surface area contributed by atoms with Crippen molar-refractivity contribution in [2.24, 2.45) is 0 Å². The molecule has 50 heavy (non-hydrogen) atoms. The monoisotopic (exact) mass is 686 g/mol. The van der Waals surface area contributed by atoms with Crippen LogP contribution in [0.2, 0.25) is 0 Å². The minimum Gasteiger partial charge on any atom is -0.462 e. The van der Waals surface area contributed by atoms with Gasteiger partial charge in [-0.1, -0.05) is 60.7 Å². The Balaban J connectivity index is 0.840. The first-order valence-corrected chi connectivity index (χ1v) is 17.5. The van der Waals surface area contributed by atoms with Gasteiger partial charge in [0, 0.05) is 62.0 Å². The van der Waals surface area contributed by atoms with Crippen LogP contribution in [-0.2, 0) is 47.6 Å². The van der Waals surface area contributed by atoms with Crippen LogP contribution in [0.25, 0.3) is 0 Å². The molecule has 0 aliphatic carbocycles. The molecule has 2 unspecified atom stereocenters. The van der Waals surface area contributed by atoms with Crippen molar-refractivity contribution >= 4 is 23.9 Å². The molecule has 12 heteroatoms. The number of fused-ring (bicyclic) bond motifs is 10. The van der Waals surface area contributed by atoms with Crippen LogP contribution in [0, 0.1) is 0 Å². The van der Waals surface area contributed by atoms with Crippen LogP contribution in [0.1, 0.15) is 48.6 Å². The number of benzene rings is 2. The van der Waals surface area contributed by atoms with E-state index in [2.05, 4.69) is 23.9 Å². The molecule has 0 spiro atoms. The van der Waals surface area contributed by atoms with Crippen LogP contribution in [0.5, 0.6) is 0 Å². The summed E-state index contributed by atoms with van der Waals surface area (Å²) in [6, 6.07) is 19.0. The number of carbonyl (C=O) groups excluding carboxylic acids is 4. The van der Waals surface area contributed by atoms with E-state index in [4.69, 9.17) is 28.4 Å². The lowest BCUT2D eigenvalue weighted by molar-refractivity contribution is -0.160. The highest BCUT2D eigenvalue weighted by atomic mass is 16.6. The predicted molar refractivity (Wildman–Crippen MR) is 176 cm³/mol.